The maximum atomic E-state index is 13.7. The summed E-state index contributed by atoms with van der Waals surface area (Å²) in [6, 6.07) is 4.62. The minimum atomic E-state index is -0.384. The molecule has 0 aromatic heterocycles. The van der Waals surface area contributed by atoms with E-state index in [1.807, 2.05) is 4.90 Å². The molecule has 2 rings (SSSR count). The lowest BCUT2D eigenvalue weighted by atomic mass is 9.82. The molecule has 1 amide bonds. The molecule has 3 nitrogen and oxygen atoms in total. The number of likely N-dealkylation sites (tertiary alicyclic amines) is 1. The van der Waals surface area contributed by atoms with E-state index in [4.69, 9.17) is 0 Å². The summed E-state index contributed by atoms with van der Waals surface area (Å²) in [4.78, 5) is 14.3. The zero-order valence-corrected chi connectivity index (χ0v) is 11.8. The van der Waals surface area contributed by atoms with Crippen LogP contribution in [-0.2, 0) is 0 Å². The van der Waals surface area contributed by atoms with Gasteiger partial charge in [0.15, 0.2) is 0 Å². The number of nitrogens with zero attached hydrogens (tertiary/aromatic N) is 1. The molecule has 0 bridgehead atoms. The quantitative estimate of drug-likeness (QED) is 0.890. The first-order chi connectivity index (χ1) is 8.94. The molecule has 1 aliphatic rings. The number of amides is 1. The number of halogens is 1. The van der Waals surface area contributed by atoms with Crippen LogP contribution in [-0.4, -0.2) is 30.9 Å². The van der Waals surface area contributed by atoms with Crippen LogP contribution in [0.15, 0.2) is 18.2 Å². The number of carbonyl (C=O) groups is 1. The number of benzene rings is 1. The van der Waals surface area contributed by atoms with E-state index in [1.165, 1.54) is 6.07 Å². The molecular weight excluding hydrogens is 243 g/mol. The van der Waals surface area contributed by atoms with E-state index in [0.29, 0.717) is 11.0 Å². The molecule has 1 saturated heterocycles. The lowest BCUT2D eigenvalue weighted by molar-refractivity contribution is 0.0631. The molecule has 0 unspecified atom stereocenters. The van der Waals surface area contributed by atoms with Gasteiger partial charge in [0.2, 0.25) is 0 Å². The van der Waals surface area contributed by atoms with Crippen molar-refractivity contribution in [1.82, 2.24) is 4.90 Å². The third-order valence-electron chi connectivity index (χ3n) is 3.90. The van der Waals surface area contributed by atoms with Crippen molar-refractivity contribution in [3.8, 4) is 0 Å². The molecule has 19 heavy (non-hydrogen) atoms. The number of hydrogen-bond acceptors (Lipinski definition) is 2. The first-order valence-electron chi connectivity index (χ1n) is 6.70. The van der Waals surface area contributed by atoms with Gasteiger partial charge >= 0.3 is 0 Å². The number of rotatable bonds is 2. The van der Waals surface area contributed by atoms with Gasteiger partial charge in [0, 0.05) is 20.1 Å². The van der Waals surface area contributed by atoms with Crippen LogP contribution in [0.5, 0.6) is 0 Å². The highest BCUT2D eigenvalue weighted by atomic mass is 19.1. The van der Waals surface area contributed by atoms with Crippen molar-refractivity contribution in [3.63, 3.8) is 0 Å². The molecule has 104 valence electrons. The Hall–Kier alpha value is -1.58. The predicted molar refractivity (Wildman–Crippen MR) is 74.9 cm³/mol. The Labute approximate surface area is 113 Å². The molecule has 1 N–H and O–H groups in total. The van der Waals surface area contributed by atoms with E-state index < -0.39 is 0 Å². The maximum absolute atomic E-state index is 13.7. The second kappa shape index (κ2) is 5.19. The molecule has 0 atom stereocenters. The smallest absolute Gasteiger partial charge is 0.256 e. The van der Waals surface area contributed by atoms with E-state index in [2.05, 4.69) is 19.2 Å². The van der Waals surface area contributed by atoms with Gasteiger partial charge in [-0.2, -0.15) is 0 Å². The van der Waals surface area contributed by atoms with E-state index in [1.54, 1.807) is 19.2 Å². The van der Waals surface area contributed by atoms with Crippen molar-refractivity contribution in [3.05, 3.63) is 29.6 Å². The summed E-state index contributed by atoms with van der Waals surface area (Å²) in [5.41, 5.74) is 1.00. The van der Waals surface area contributed by atoms with Crippen molar-refractivity contribution in [1.29, 1.82) is 0 Å². The predicted octanol–water partition coefficient (Wildman–Crippen LogP) is 3.13. The third kappa shape index (κ3) is 2.88. The fourth-order valence-electron chi connectivity index (χ4n) is 2.44. The standard InChI is InChI=1S/C15H21FN2O/c1-15(2)7-9-18(10-8-15)14(19)11-5-4-6-12(16)13(11)17-3/h4-6,17H,7-10H2,1-3H3. The number of para-hydroxylation sites is 1. The van der Waals surface area contributed by atoms with Crippen LogP contribution >= 0.6 is 0 Å². The third-order valence-corrected chi connectivity index (χ3v) is 3.90. The van der Waals surface area contributed by atoms with Gasteiger partial charge in [-0.1, -0.05) is 19.9 Å². The highest BCUT2D eigenvalue weighted by Crippen LogP contribution is 2.31. The lowest BCUT2D eigenvalue weighted by Gasteiger charge is -2.37. The number of nitrogens with one attached hydrogen (secondary N) is 1. The molecule has 1 heterocycles. The topological polar surface area (TPSA) is 32.3 Å². The first-order valence-corrected chi connectivity index (χ1v) is 6.70. The van der Waals surface area contributed by atoms with Crippen molar-refractivity contribution in [2.24, 2.45) is 5.41 Å². The molecule has 0 aliphatic carbocycles. The molecular formula is C15H21FN2O. The van der Waals surface area contributed by atoms with E-state index in [9.17, 15) is 9.18 Å². The molecule has 0 spiro atoms. The van der Waals surface area contributed by atoms with Crippen LogP contribution in [0.3, 0.4) is 0 Å². The van der Waals surface area contributed by atoms with Crippen molar-refractivity contribution < 1.29 is 9.18 Å². The second-order valence-electron chi connectivity index (χ2n) is 5.87. The van der Waals surface area contributed by atoms with Gasteiger partial charge in [0.05, 0.1) is 11.3 Å². The summed E-state index contributed by atoms with van der Waals surface area (Å²) in [6.45, 7) is 5.92. The van der Waals surface area contributed by atoms with E-state index in [0.717, 1.165) is 25.9 Å². The van der Waals surface area contributed by atoms with Crippen LogP contribution in [0, 0.1) is 11.2 Å². The Morgan fingerprint density at radius 3 is 2.53 bits per heavy atom. The number of anilines is 1. The summed E-state index contributed by atoms with van der Waals surface area (Å²) in [6.07, 6.45) is 1.98. The normalized spacial score (nSPS) is 18.2. The summed E-state index contributed by atoms with van der Waals surface area (Å²) >= 11 is 0. The Morgan fingerprint density at radius 1 is 1.32 bits per heavy atom. The monoisotopic (exact) mass is 264 g/mol. The Kier molecular flexibility index (Phi) is 3.78. The zero-order chi connectivity index (χ0) is 14.0. The fraction of sp³-hybridized carbons (Fsp3) is 0.533. The molecule has 1 fully saturated rings. The van der Waals surface area contributed by atoms with Gasteiger partial charge in [0.1, 0.15) is 5.82 Å². The average molecular weight is 264 g/mol. The van der Waals surface area contributed by atoms with Crippen LogP contribution < -0.4 is 5.32 Å². The summed E-state index contributed by atoms with van der Waals surface area (Å²) in [5, 5.41) is 2.78. The summed E-state index contributed by atoms with van der Waals surface area (Å²) in [5.74, 6) is -0.468. The first kappa shape index (κ1) is 13.8. The minimum Gasteiger partial charge on any atom is -0.385 e. The highest BCUT2D eigenvalue weighted by molar-refractivity contribution is 5.99. The number of carbonyl (C=O) groups excluding carboxylic acids is 1. The van der Waals surface area contributed by atoms with E-state index >= 15 is 0 Å². The Morgan fingerprint density at radius 2 is 1.95 bits per heavy atom. The second-order valence-corrected chi connectivity index (χ2v) is 5.87. The highest BCUT2D eigenvalue weighted by Gasteiger charge is 2.29. The van der Waals surface area contributed by atoms with Crippen molar-refractivity contribution in [2.75, 3.05) is 25.5 Å². The summed E-state index contributed by atoms with van der Waals surface area (Å²) in [7, 11) is 1.63. The van der Waals surface area contributed by atoms with Gasteiger partial charge in [-0.15, -0.1) is 0 Å². The Balaban J connectivity index is 2.19. The van der Waals surface area contributed by atoms with Gasteiger partial charge in [-0.05, 0) is 30.4 Å². The van der Waals surface area contributed by atoms with Gasteiger partial charge in [-0.3, -0.25) is 4.79 Å². The average Bonchev–Trinajstić information content (AvgIpc) is 2.37. The molecule has 1 aromatic rings. The van der Waals surface area contributed by atoms with Crippen molar-refractivity contribution >= 4 is 11.6 Å². The molecule has 0 radical (unpaired) electrons. The van der Waals surface area contributed by atoms with Crippen LogP contribution in [0.4, 0.5) is 10.1 Å². The van der Waals surface area contributed by atoms with Gasteiger partial charge in [-0.25, -0.2) is 4.39 Å². The van der Waals surface area contributed by atoms with Crippen LogP contribution in [0.2, 0.25) is 0 Å². The van der Waals surface area contributed by atoms with Crippen LogP contribution in [0.25, 0.3) is 0 Å². The SMILES string of the molecule is CNc1c(F)cccc1C(=O)N1CCC(C)(C)CC1. The lowest BCUT2D eigenvalue weighted by Crippen LogP contribution is -2.41. The number of hydrogen-bond donors (Lipinski definition) is 1. The summed E-state index contributed by atoms with van der Waals surface area (Å²) < 4.78 is 13.7. The van der Waals surface area contributed by atoms with Gasteiger partial charge < -0.3 is 10.2 Å². The molecule has 1 aromatic carbocycles. The van der Waals surface area contributed by atoms with Crippen molar-refractivity contribution in [2.45, 2.75) is 26.7 Å². The maximum Gasteiger partial charge on any atom is 0.256 e. The molecule has 4 heteroatoms. The fourth-order valence-corrected chi connectivity index (χ4v) is 2.44. The van der Waals surface area contributed by atoms with E-state index in [-0.39, 0.29) is 17.4 Å². The Bertz CT molecular complexity index is 475. The largest absolute Gasteiger partial charge is 0.385 e. The van der Waals surface area contributed by atoms with Crippen LogP contribution in [0.1, 0.15) is 37.0 Å². The molecule has 1 aliphatic heterocycles. The zero-order valence-electron chi connectivity index (χ0n) is 11.8. The minimum absolute atomic E-state index is 0.0839. The number of piperidine rings is 1. The molecule has 0 saturated carbocycles. The van der Waals surface area contributed by atoms with Gasteiger partial charge in [0.25, 0.3) is 5.91 Å².